The van der Waals surface area contributed by atoms with Gasteiger partial charge >= 0.3 is 0 Å². The second kappa shape index (κ2) is 7.47. The Labute approximate surface area is 163 Å². The van der Waals surface area contributed by atoms with Crippen LogP contribution >= 0.6 is 23.2 Å². The molecule has 0 spiro atoms. The lowest BCUT2D eigenvalue weighted by atomic mass is 10.1. The molecule has 5 nitrogen and oxygen atoms in total. The van der Waals surface area contributed by atoms with Gasteiger partial charge in [-0.05, 0) is 55.7 Å². The number of sulfonamides is 1. The van der Waals surface area contributed by atoms with Crippen LogP contribution in [0.2, 0.25) is 10.0 Å². The quantitative estimate of drug-likeness (QED) is 0.807. The lowest BCUT2D eigenvalue weighted by Gasteiger charge is -2.29. The smallest absolute Gasteiger partial charge is 0.255 e. The maximum absolute atomic E-state index is 12.6. The van der Waals surface area contributed by atoms with Crippen LogP contribution in [0.1, 0.15) is 28.8 Å². The van der Waals surface area contributed by atoms with Gasteiger partial charge in [-0.3, -0.25) is 9.10 Å². The molecule has 0 aromatic heterocycles. The van der Waals surface area contributed by atoms with Gasteiger partial charge in [0.1, 0.15) is 0 Å². The van der Waals surface area contributed by atoms with E-state index in [0.717, 1.165) is 12.0 Å². The normalized spacial score (nSPS) is 16.3. The summed E-state index contributed by atoms with van der Waals surface area (Å²) < 4.78 is 25.9. The van der Waals surface area contributed by atoms with Crippen LogP contribution in [-0.4, -0.2) is 26.6 Å². The summed E-state index contributed by atoms with van der Waals surface area (Å²) in [5, 5.41) is 3.61. The van der Waals surface area contributed by atoms with Crippen molar-refractivity contribution in [3.05, 3.63) is 57.6 Å². The Balaban J connectivity index is 1.89. The summed E-state index contributed by atoms with van der Waals surface area (Å²) in [5.41, 5.74) is 2.13. The SMILES string of the molecule is Cc1ccc(NC(=O)c2ccc(Cl)c(N3CCCCS3(=O)=O)c2)cc1Cl. The van der Waals surface area contributed by atoms with E-state index in [1.165, 1.54) is 16.4 Å². The third kappa shape index (κ3) is 3.98. The molecule has 26 heavy (non-hydrogen) atoms. The molecule has 3 rings (SSSR count). The second-order valence-corrected chi connectivity index (χ2v) is 9.01. The van der Waals surface area contributed by atoms with Gasteiger partial charge in [0.2, 0.25) is 10.0 Å². The summed E-state index contributed by atoms with van der Waals surface area (Å²) in [7, 11) is -3.41. The van der Waals surface area contributed by atoms with Crippen LogP contribution < -0.4 is 9.62 Å². The van der Waals surface area contributed by atoms with Gasteiger partial charge in [0.05, 0.1) is 16.5 Å². The minimum atomic E-state index is -3.41. The molecule has 1 heterocycles. The Morgan fingerprint density at radius 1 is 1.08 bits per heavy atom. The number of nitrogens with zero attached hydrogens (tertiary/aromatic N) is 1. The van der Waals surface area contributed by atoms with Crippen molar-refractivity contribution in [2.75, 3.05) is 21.9 Å². The van der Waals surface area contributed by atoms with Crippen molar-refractivity contribution in [2.45, 2.75) is 19.8 Å². The first-order valence-corrected chi connectivity index (χ1v) is 10.5. The van der Waals surface area contributed by atoms with Gasteiger partial charge in [0, 0.05) is 22.8 Å². The summed E-state index contributed by atoms with van der Waals surface area (Å²) >= 11 is 12.3. The Morgan fingerprint density at radius 3 is 2.54 bits per heavy atom. The highest BCUT2D eigenvalue weighted by molar-refractivity contribution is 7.92. The molecule has 0 saturated carbocycles. The highest BCUT2D eigenvalue weighted by Crippen LogP contribution is 2.32. The molecule has 1 saturated heterocycles. The predicted molar refractivity (Wildman–Crippen MR) is 106 cm³/mol. The molecule has 1 N–H and O–H groups in total. The molecular weight excluding hydrogens is 395 g/mol. The van der Waals surface area contributed by atoms with Gasteiger partial charge in [0.15, 0.2) is 0 Å². The summed E-state index contributed by atoms with van der Waals surface area (Å²) in [6.45, 7) is 2.24. The van der Waals surface area contributed by atoms with Gasteiger partial charge in [-0.15, -0.1) is 0 Å². The van der Waals surface area contributed by atoms with Crippen molar-refractivity contribution in [3.63, 3.8) is 0 Å². The fraction of sp³-hybridized carbons (Fsp3) is 0.278. The number of halogens is 2. The van der Waals surface area contributed by atoms with E-state index >= 15 is 0 Å². The van der Waals surface area contributed by atoms with Crippen LogP contribution in [0.3, 0.4) is 0 Å². The average molecular weight is 413 g/mol. The minimum absolute atomic E-state index is 0.0849. The maximum Gasteiger partial charge on any atom is 0.255 e. The Hall–Kier alpha value is -1.76. The molecule has 8 heteroatoms. The number of aryl methyl sites for hydroxylation is 1. The van der Waals surface area contributed by atoms with Crippen LogP contribution in [0.25, 0.3) is 0 Å². The Bertz CT molecular complexity index is 961. The molecule has 1 amide bonds. The Morgan fingerprint density at radius 2 is 1.85 bits per heavy atom. The van der Waals surface area contributed by atoms with E-state index in [4.69, 9.17) is 23.2 Å². The first kappa shape index (κ1) is 19.0. The monoisotopic (exact) mass is 412 g/mol. The summed E-state index contributed by atoms with van der Waals surface area (Å²) in [6.07, 6.45) is 1.39. The summed E-state index contributed by atoms with van der Waals surface area (Å²) in [6, 6.07) is 9.85. The lowest BCUT2D eigenvalue weighted by molar-refractivity contribution is 0.102. The molecular formula is C18H18Cl2N2O3S. The fourth-order valence-corrected chi connectivity index (χ4v) is 4.88. The highest BCUT2D eigenvalue weighted by Gasteiger charge is 2.28. The number of anilines is 2. The van der Waals surface area contributed by atoms with Crippen molar-refractivity contribution >= 4 is 50.5 Å². The molecule has 1 aliphatic rings. The van der Waals surface area contributed by atoms with E-state index in [2.05, 4.69) is 5.32 Å². The number of hydrogen-bond acceptors (Lipinski definition) is 3. The number of nitrogens with one attached hydrogen (secondary N) is 1. The summed E-state index contributed by atoms with van der Waals surface area (Å²) in [4.78, 5) is 12.6. The van der Waals surface area contributed by atoms with E-state index in [1.54, 1.807) is 18.2 Å². The number of carbonyl (C=O) groups is 1. The van der Waals surface area contributed by atoms with Crippen LogP contribution in [0.15, 0.2) is 36.4 Å². The van der Waals surface area contributed by atoms with E-state index in [1.807, 2.05) is 13.0 Å². The number of benzene rings is 2. The average Bonchev–Trinajstić information content (AvgIpc) is 2.58. The van der Waals surface area contributed by atoms with E-state index in [9.17, 15) is 13.2 Å². The highest BCUT2D eigenvalue weighted by atomic mass is 35.5. The van der Waals surface area contributed by atoms with Crippen molar-refractivity contribution in [1.82, 2.24) is 0 Å². The maximum atomic E-state index is 12.6. The van der Waals surface area contributed by atoms with Gasteiger partial charge in [-0.1, -0.05) is 29.3 Å². The minimum Gasteiger partial charge on any atom is -0.322 e. The van der Waals surface area contributed by atoms with Crippen LogP contribution in [0.4, 0.5) is 11.4 Å². The second-order valence-electron chi connectivity index (χ2n) is 6.18. The number of hydrogen-bond donors (Lipinski definition) is 1. The Kier molecular flexibility index (Phi) is 5.46. The van der Waals surface area contributed by atoms with Crippen molar-refractivity contribution < 1.29 is 13.2 Å². The predicted octanol–water partition coefficient (Wildman–Crippen LogP) is 4.48. The van der Waals surface area contributed by atoms with Crippen molar-refractivity contribution in [3.8, 4) is 0 Å². The molecule has 0 bridgehead atoms. The third-order valence-corrected chi connectivity index (χ3v) is 6.84. The van der Waals surface area contributed by atoms with E-state index in [-0.39, 0.29) is 11.7 Å². The van der Waals surface area contributed by atoms with Gasteiger partial charge in [-0.2, -0.15) is 0 Å². The zero-order valence-corrected chi connectivity index (χ0v) is 16.5. The molecule has 2 aromatic carbocycles. The van der Waals surface area contributed by atoms with Crippen LogP contribution in [0, 0.1) is 6.92 Å². The molecule has 0 unspecified atom stereocenters. The number of amides is 1. The van der Waals surface area contributed by atoms with Gasteiger partial charge in [0.25, 0.3) is 5.91 Å². The van der Waals surface area contributed by atoms with Gasteiger partial charge < -0.3 is 5.32 Å². The largest absolute Gasteiger partial charge is 0.322 e. The van der Waals surface area contributed by atoms with Crippen molar-refractivity contribution in [2.24, 2.45) is 0 Å². The summed E-state index contributed by atoms with van der Waals surface area (Å²) in [5.74, 6) is -0.279. The van der Waals surface area contributed by atoms with Gasteiger partial charge in [-0.25, -0.2) is 8.42 Å². The third-order valence-electron chi connectivity index (χ3n) is 4.26. The van der Waals surface area contributed by atoms with E-state index < -0.39 is 10.0 Å². The first-order valence-electron chi connectivity index (χ1n) is 8.15. The molecule has 2 aromatic rings. The topological polar surface area (TPSA) is 66.5 Å². The van der Waals surface area contributed by atoms with Crippen LogP contribution in [0.5, 0.6) is 0 Å². The zero-order valence-electron chi connectivity index (χ0n) is 14.1. The van der Waals surface area contributed by atoms with Crippen molar-refractivity contribution in [1.29, 1.82) is 0 Å². The molecule has 1 fully saturated rings. The van der Waals surface area contributed by atoms with Crippen LogP contribution in [-0.2, 0) is 10.0 Å². The zero-order chi connectivity index (χ0) is 18.9. The molecule has 138 valence electrons. The molecule has 0 radical (unpaired) electrons. The first-order chi connectivity index (χ1) is 12.3. The number of carbonyl (C=O) groups excluding carboxylic acids is 1. The standard InChI is InChI=1S/C18H18Cl2N2O3S/c1-12-4-6-14(11-16(12)20)21-18(23)13-5-7-15(19)17(10-13)22-8-2-3-9-26(22,24)25/h4-7,10-11H,2-3,8-9H2,1H3,(H,21,23). The number of rotatable bonds is 3. The van der Waals surface area contributed by atoms with E-state index in [0.29, 0.717) is 39.9 Å². The molecule has 0 atom stereocenters. The lowest BCUT2D eigenvalue weighted by Crippen LogP contribution is -2.38. The fourth-order valence-electron chi connectivity index (χ4n) is 2.78. The molecule has 0 aliphatic carbocycles. The molecule has 1 aliphatic heterocycles.